The van der Waals surface area contributed by atoms with E-state index >= 15 is 0 Å². The molecule has 0 fully saturated rings. The first-order chi connectivity index (χ1) is 17.0. The Morgan fingerprint density at radius 2 is 1.43 bits per heavy atom. The Morgan fingerprint density at radius 3 is 1.97 bits per heavy atom. The minimum Gasteiger partial charge on any atom is -0.491 e. The van der Waals surface area contributed by atoms with Gasteiger partial charge in [-0.2, -0.15) is 30.7 Å². The molecule has 3 amide bonds. The van der Waals surface area contributed by atoms with E-state index in [1.54, 1.807) is 5.32 Å². The van der Waals surface area contributed by atoms with E-state index in [2.05, 4.69) is 14.8 Å². The number of rotatable bonds is 10. The van der Waals surface area contributed by atoms with Crippen molar-refractivity contribution in [3.63, 3.8) is 0 Å². The summed E-state index contributed by atoms with van der Waals surface area (Å²) in [6.07, 6.45) is -22.3. The zero-order chi connectivity index (χ0) is 28.0. The molecule has 17 heteroatoms. The van der Waals surface area contributed by atoms with E-state index in [0.29, 0.717) is 0 Å². The summed E-state index contributed by atoms with van der Waals surface area (Å²) in [5.74, 6) is -3.84. The predicted octanol–water partition coefficient (Wildman–Crippen LogP) is 5.38. The number of imide groups is 1. The average molecular weight is 552 g/mol. The van der Waals surface area contributed by atoms with Gasteiger partial charge in [0.25, 0.3) is 12.3 Å². The van der Waals surface area contributed by atoms with Crippen molar-refractivity contribution >= 4 is 17.6 Å². The number of carbonyl (C=O) groups excluding carboxylic acids is 2. The van der Waals surface area contributed by atoms with Crippen LogP contribution in [0.15, 0.2) is 42.5 Å². The van der Waals surface area contributed by atoms with E-state index in [1.807, 2.05) is 0 Å². The van der Waals surface area contributed by atoms with Crippen LogP contribution in [0.1, 0.15) is 10.4 Å². The summed E-state index contributed by atoms with van der Waals surface area (Å²) in [7, 11) is 0. The van der Waals surface area contributed by atoms with Crippen molar-refractivity contribution in [1.29, 1.82) is 0 Å². The highest BCUT2D eigenvalue weighted by molar-refractivity contribution is 6.08. The topological polar surface area (TPSA) is 85.9 Å². The Kier molecular flexibility index (Phi) is 9.32. The normalized spacial score (nSPS) is 13.1. The zero-order valence-electron chi connectivity index (χ0n) is 17.9. The third kappa shape index (κ3) is 8.21. The number of ether oxygens (including phenoxy) is 3. The predicted molar refractivity (Wildman–Crippen MR) is 103 cm³/mol. The Morgan fingerprint density at radius 1 is 0.865 bits per heavy atom. The first-order valence-electron chi connectivity index (χ1n) is 9.61. The largest absolute Gasteiger partial charge is 0.491 e. The highest BCUT2D eigenvalue weighted by Crippen LogP contribution is 2.40. The lowest BCUT2D eigenvalue weighted by Crippen LogP contribution is -2.47. The van der Waals surface area contributed by atoms with Crippen molar-refractivity contribution in [1.82, 2.24) is 5.32 Å². The lowest BCUT2D eigenvalue weighted by Gasteiger charge is -2.25. The van der Waals surface area contributed by atoms with Gasteiger partial charge in [-0.05, 0) is 36.4 Å². The molecule has 0 aliphatic carbocycles. The second kappa shape index (κ2) is 11.6. The number of hydrogen-bond donors (Lipinski definition) is 2. The number of urea groups is 1. The minimum absolute atomic E-state index is 0.0254. The number of anilines is 1. The summed E-state index contributed by atoms with van der Waals surface area (Å²) >= 11 is 0. The number of benzene rings is 2. The van der Waals surface area contributed by atoms with Gasteiger partial charge in [-0.15, -0.1) is 0 Å². The smallest absolute Gasteiger partial charge is 0.483 e. The molecule has 0 radical (unpaired) electrons. The Bertz CT molecular complexity index is 1080. The van der Waals surface area contributed by atoms with Crippen LogP contribution in [0.4, 0.5) is 54.4 Å². The summed E-state index contributed by atoms with van der Waals surface area (Å²) in [5, 5.41) is 3.84. The van der Waals surface area contributed by atoms with Gasteiger partial charge < -0.3 is 14.8 Å². The van der Waals surface area contributed by atoms with Gasteiger partial charge in [0.05, 0.1) is 6.61 Å². The molecular weight excluding hydrogens is 538 g/mol. The fourth-order valence-electron chi connectivity index (χ4n) is 2.35. The molecule has 2 aromatic rings. The number of hydrogen-bond acceptors (Lipinski definition) is 5. The van der Waals surface area contributed by atoms with Crippen molar-refractivity contribution in [3.8, 4) is 5.75 Å². The zero-order valence-corrected chi connectivity index (χ0v) is 17.9. The first-order valence-corrected chi connectivity index (χ1v) is 9.61. The number of carbonyl (C=O) groups is 2. The van der Waals surface area contributed by atoms with E-state index in [1.165, 1.54) is 12.1 Å². The van der Waals surface area contributed by atoms with Crippen molar-refractivity contribution in [3.05, 3.63) is 59.7 Å². The van der Waals surface area contributed by atoms with E-state index < -0.39 is 67.1 Å². The van der Waals surface area contributed by atoms with Gasteiger partial charge in [0, 0.05) is 5.69 Å². The van der Waals surface area contributed by atoms with E-state index in [9.17, 15) is 53.5 Å². The molecule has 1 atom stereocenters. The molecule has 0 aliphatic rings. The highest BCUT2D eigenvalue weighted by atomic mass is 19.4. The van der Waals surface area contributed by atoms with Crippen LogP contribution < -0.4 is 15.4 Å². The first kappa shape index (κ1) is 29.6. The van der Waals surface area contributed by atoms with E-state index in [4.69, 9.17) is 4.74 Å². The fraction of sp³-hybridized carbons (Fsp3) is 0.300. The van der Waals surface area contributed by atoms with Crippen molar-refractivity contribution in [2.45, 2.75) is 24.8 Å². The summed E-state index contributed by atoms with van der Waals surface area (Å²) in [6, 6.07) is 6.08. The molecule has 1 unspecified atom stereocenters. The van der Waals surface area contributed by atoms with Crippen molar-refractivity contribution < 1.29 is 67.7 Å². The fourth-order valence-corrected chi connectivity index (χ4v) is 2.35. The molecule has 2 N–H and O–H groups in total. The standard InChI is InChI=1S/C20H14F10N2O5/c21-12-2-1-3-13(22)14(12)15(33)32-17(34)31-10-4-6-11(7-5-10)35-8-9-36-18(24,25)16(23)37-20(29,30)19(26,27)28/h1-7,16H,8-9H2,(H2,31,32,33,34). The molecule has 37 heavy (non-hydrogen) atoms. The molecule has 0 bridgehead atoms. The third-order valence-electron chi connectivity index (χ3n) is 4.02. The molecular formula is C20H14F10N2O5. The second-order valence-electron chi connectivity index (χ2n) is 6.74. The number of nitrogens with one attached hydrogen (secondary N) is 2. The molecule has 0 saturated carbocycles. The lowest BCUT2D eigenvalue weighted by molar-refractivity contribution is -0.450. The summed E-state index contributed by atoms with van der Waals surface area (Å²) < 4.78 is 139. The molecule has 0 saturated heterocycles. The monoisotopic (exact) mass is 552 g/mol. The molecule has 0 spiro atoms. The van der Waals surface area contributed by atoms with Gasteiger partial charge in [-0.3, -0.25) is 14.8 Å². The molecule has 0 aliphatic heterocycles. The van der Waals surface area contributed by atoms with Crippen LogP contribution >= 0.6 is 0 Å². The highest BCUT2D eigenvalue weighted by Gasteiger charge is 2.63. The van der Waals surface area contributed by atoms with Crippen LogP contribution in [0.2, 0.25) is 0 Å². The maximum Gasteiger partial charge on any atom is 0.483 e. The summed E-state index contributed by atoms with van der Waals surface area (Å²) in [5.41, 5.74) is -0.966. The molecule has 0 aromatic heterocycles. The van der Waals surface area contributed by atoms with E-state index in [-0.39, 0.29) is 11.4 Å². The third-order valence-corrected chi connectivity index (χ3v) is 4.02. The SMILES string of the molecule is O=C(NC(=O)c1c(F)cccc1F)Nc1ccc(OCCOC(F)(F)C(F)OC(F)(F)C(F)(F)F)cc1. The van der Waals surface area contributed by atoms with Crippen molar-refractivity contribution in [2.24, 2.45) is 0 Å². The van der Waals surface area contributed by atoms with Gasteiger partial charge in [-0.25, -0.2) is 18.0 Å². The Labute approximate surface area is 200 Å². The van der Waals surface area contributed by atoms with Crippen LogP contribution in [0, 0.1) is 11.6 Å². The van der Waals surface area contributed by atoms with Crippen molar-refractivity contribution in [2.75, 3.05) is 18.5 Å². The summed E-state index contributed by atoms with van der Waals surface area (Å²) in [4.78, 5) is 23.7. The van der Waals surface area contributed by atoms with Gasteiger partial charge >= 0.3 is 24.4 Å². The Balaban J connectivity index is 1.81. The van der Waals surface area contributed by atoms with Crippen LogP contribution in [0.3, 0.4) is 0 Å². The van der Waals surface area contributed by atoms with Crippen LogP contribution in [-0.2, 0) is 9.47 Å². The average Bonchev–Trinajstić information content (AvgIpc) is 2.76. The quantitative estimate of drug-likeness (QED) is 0.306. The van der Waals surface area contributed by atoms with Gasteiger partial charge in [0.1, 0.15) is 29.6 Å². The number of amides is 3. The van der Waals surface area contributed by atoms with Gasteiger partial charge in [-0.1, -0.05) is 6.07 Å². The van der Waals surface area contributed by atoms with Gasteiger partial charge in [0.15, 0.2) is 0 Å². The van der Waals surface area contributed by atoms with Crippen LogP contribution in [-0.4, -0.2) is 49.9 Å². The molecule has 2 aromatic carbocycles. The second-order valence-corrected chi connectivity index (χ2v) is 6.74. The molecule has 204 valence electrons. The molecule has 2 rings (SSSR count). The lowest BCUT2D eigenvalue weighted by atomic mass is 10.2. The van der Waals surface area contributed by atoms with E-state index in [0.717, 1.165) is 30.3 Å². The molecule has 0 heterocycles. The maximum atomic E-state index is 13.6. The minimum atomic E-state index is -6.44. The summed E-state index contributed by atoms with van der Waals surface area (Å²) in [6.45, 7) is -1.93. The number of alkyl halides is 8. The number of halogens is 10. The molecule has 7 nitrogen and oxygen atoms in total. The maximum absolute atomic E-state index is 13.6. The van der Waals surface area contributed by atoms with Crippen LogP contribution in [0.5, 0.6) is 5.75 Å². The Hall–Kier alpha value is -3.60. The van der Waals surface area contributed by atoms with Gasteiger partial charge in [0.2, 0.25) is 0 Å². The van der Waals surface area contributed by atoms with Crippen LogP contribution in [0.25, 0.3) is 0 Å².